The van der Waals surface area contributed by atoms with Crippen LogP contribution in [-0.2, 0) is 4.74 Å². The molecule has 2 heterocycles. The van der Waals surface area contributed by atoms with Gasteiger partial charge < -0.3 is 10.5 Å². The molecule has 2 aromatic rings. The Morgan fingerprint density at radius 1 is 1.56 bits per heavy atom. The van der Waals surface area contributed by atoms with Crippen LogP contribution in [0.15, 0.2) is 18.6 Å². The van der Waals surface area contributed by atoms with E-state index in [2.05, 4.69) is 19.8 Å². The van der Waals surface area contributed by atoms with Gasteiger partial charge in [-0.05, 0) is 6.07 Å². The monoisotopic (exact) mass is 244 g/mol. The lowest BCUT2D eigenvalue weighted by Crippen LogP contribution is -2.11. The van der Waals surface area contributed by atoms with Gasteiger partial charge in [0.1, 0.15) is 12.4 Å². The number of nitriles is 1. The van der Waals surface area contributed by atoms with Crippen molar-refractivity contribution in [3.63, 3.8) is 0 Å². The summed E-state index contributed by atoms with van der Waals surface area (Å²) in [5, 5.41) is 12.5. The topological polar surface area (TPSA) is 120 Å². The molecule has 2 aromatic heterocycles. The molecule has 8 heteroatoms. The Morgan fingerprint density at radius 3 is 2.94 bits per heavy atom. The third-order valence-electron chi connectivity index (χ3n) is 2.18. The number of anilines is 1. The predicted octanol–water partition coefficient (Wildman–Crippen LogP) is -0.0972. The number of rotatable bonds is 2. The lowest BCUT2D eigenvalue weighted by Gasteiger charge is -2.07. The molecule has 0 saturated heterocycles. The van der Waals surface area contributed by atoms with Crippen molar-refractivity contribution in [2.24, 2.45) is 0 Å². The van der Waals surface area contributed by atoms with Crippen molar-refractivity contribution >= 4 is 11.7 Å². The van der Waals surface area contributed by atoms with Crippen molar-refractivity contribution in [3.05, 3.63) is 30.0 Å². The Bertz CT molecular complexity index is 642. The van der Waals surface area contributed by atoms with E-state index in [1.165, 1.54) is 30.4 Å². The summed E-state index contributed by atoms with van der Waals surface area (Å²) < 4.78 is 5.81. The van der Waals surface area contributed by atoms with Gasteiger partial charge in [-0.3, -0.25) is 0 Å². The van der Waals surface area contributed by atoms with Gasteiger partial charge in [0.25, 0.3) is 5.82 Å². The molecule has 90 valence electrons. The summed E-state index contributed by atoms with van der Waals surface area (Å²) in [5.74, 6) is -0.372. The van der Waals surface area contributed by atoms with E-state index < -0.39 is 5.97 Å². The fourth-order valence-corrected chi connectivity index (χ4v) is 1.35. The van der Waals surface area contributed by atoms with Gasteiger partial charge in [0.2, 0.25) is 0 Å². The van der Waals surface area contributed by atoms with Crippen molar-refractivity contribution in [1.29, 1.82) is 5.26 Å². The summed E-state index contributed by atoms with van der Waals surface area (Å²) in [6.07, 6.45) is 2.68. The van der Waals surface area contributed by atoms with Gasteiger partial charge in [-0.25, -0.2) is 14.8 Å². The molecule has 0 bridgehead atoms. The number of methoxy groups -OCH3 is 1. The molecule has 0 amide bonds. The standard InChI is InChI=1S/C10H8N6O2/c1-18-10(17)6-2-3-13-9(8(6)12)16-5-14-7(4-11)15-16/h2-3,5H,12H2,1H3. The summed E-state index contributed by atoms with van der Waals surface area (Å²) in [5.41, 5.74) is 6.09. The lowest BCUT2D eigenvalue weighted by molar-refractivity contribution is 0.0602. The van der Waals surface area contributed by atoms with E-state index >= 15 is 0 Å². The van der Waals surface area contributed by atoms with Gasteiger partial charge in [0.15, 0.2) is 5.82 Å². The number of carbonyl (C=O) groups excluding carboxylic acids is 1. The second-order valence-electron chi connectivity index (χ2n) is 3.21. The molecule has 0 atom stereocenters. The Hall–Kier alpha value is -2.95. The summed E-state index contributed by atoms with van der Waals surface area (Å²) in [7, 11) is 1.26. The largest absolute Gasteiger partial charge is 0.465 e. The van der Waals surface area contributed by atoms with Gasteiger partial charge in [-0.2, -0.15) is 9.94 Å². The number of carbonyl (C=O) groups is 1. The van der Waals surface area contributed by atoms with Crippen LogP contribution >= 0.6 is 0 Å². The maximum Gasteiger partial charge on any atom is 0.340 e. The summed E-state index contributed by atoms with van der Waals surface area (Å²) in [6, 6.07) is 3.22. The zero-order valence-electron chi connectivity index (χ0n) is 9.36. The number of esters is 1. The van der Waals surface area contributed by atoms with E-state index in [-0.39, 0.29) is 22.9 Å². The zero-order chi connectivity index (χ0) is 13.1. The highest BCUT2D eigenvalue weighted by atomic mass is 16.5. The van der Waals surface area contributed by atoms with Crippen molar-refractivity contribution in [1.82, 2.24) is 19.7 Å². The average molecular weight is 244 g/mol. The molecule has 0 fully saturated rings. The molecular formula is C10H8N6O2. The molecule has 18 heavy (non-hydrogen) atoms. The van der Waals surface area contributed by atoms with Crippen LogP contribution in [0.1, 0.15) is 16.2 Å². The molecule has 0 aromatic carbocycles. The van der Waals surface area contributed by atoms with Crippen LogP contribution in [0.25, 0.3) is 5.82 Å². The highest BCUT2D eigenvalue weighted by Gasteiger charge is 2.15. The molecule has 0 aliphatic rings. The first-order valence-electron chi connectivity index (χ1n) is 4.82. The van der Waals surface area contributed by atoms with E-state index in [0.29, 0.717) is 0 Å². The second-order valence-corrected chi connectivity index (χ2v) is 3.21. The second kappa shape index (κ2) is 4.50. The number of hydrogen-bond donors (Lipinski definition) is 1. The molecule has 0 aliphatic heterocycles. The minimum atomic E-state index is -0.572. The van der Waals surface area contributed by atoms with Crippen molar-refractivity contribution in [2.45, 2.75) is 0 Å². The normalized spacial score (nSPS) is 9.78. The number of hydrogen-bond acceptors (Lipinski definition) is 7. The van der Waals surface area contributed by atoms with Gasteiger partial charge in [0.05, 0.1) is 18.4 Å². The number of nitrogen functional groups attached to an aromatic ring is 1. The van der Waals surface area contributed by atoms with Crippen LogP contribution < -0.4 is 5.73 Å². The van der Waals surface area contributed by atoms with E-state index in [0.717, 1.165) is 0 Å². The lowest BCUT2D eigenvalue weighted by atomic mass is 10.2. The summed E-state index contributed by atoms with van der Waals surface area (Å²) >= 11 is 0. The van der Waals surface area contributed by atoms with E-state index in [4.69, 9.17) is 11.0 Å². The van der Waals surface area contributed by atoms with Crippen molar-refractivity contribution in [2.75, 3.05) is 12.8 Å². The minimum absolute atomic E-state index is 0.0142. The molecule has 0 saturated carbocycles. The highest BCUT2D eigenvalue weighted by molar-refractivity contribution is 5.96. The molecule has 0 aliphatic carbocycles. The Balaban J connectivity index is 2.52. The third kappa shape index (κ3) is 1.84. The van der Waals surface area contributed by atoms with Crippen LogP contribution in [0.4, 0.5) is 5.69 Å². The summed E-state index contributed by atoms with van der Waals surface area (Å²) in [4.78, 5) is 19.2. The number of nitrogens with two attached hydrogens (primary N) is 1. The smallest absolute Gasteiger partial charge is 0.340 e. The molecule has 8 nitrogen and oxygen atoms in total. The Morgan fingerprint density at radius 2 is 2.33 bits per heavy atom. The van der Waals surface area contributed by atoms with Crippen LogP contribution in [0.3, 0.4) is 0 Å². The van der Waals surface area contributed by atoms with Crippen LogP contribution in [0.5, 0.6) is 0 Å². The SMILES string of the molecule is COC(=O)c1ccnc(-n2cnc(C#N)n2)c1N. The van der Waals surface area contributed by atoms with Gasteiger partial charge in [0, 0.05) is 6.20 Å². The van der Waals surface area contributed by atoms with E-state index in [1.807, 2.05) is 0 Å². The maximum absolute atomic E-state index is 11.5. The average Bonchev–Trinajstić information content (AvgIpc) is 2.86. The Kier molecular flexibility index (Phi) is 2.89. The van der Waals surface area contributed by atoms with Crippen LogP contribution in [0.2, 0.25) is 0 Å². The van der Waals surface area contributed by atoms with Crippen molar-refractivity contribution in [3.8, 4) is 11.9 Å². The highest BCUT2D eigenvalue weighted by Crippen LogP contribution is 2.18. The summed E-state index contributed by atoms with van der Waals surface area (Å²) in [6.45, 7) is 0. The van der Waals surface area contributed by atoms with Crippen molar-refractivity contribution < 1.29 is 9.53 Å². The first-order valence-corrected chi connectivity index (χ1v) is 4.82. The molecule has 0 spiro atoms. The van der Waals surface area contributed by atoms with Crippen LogP contribution in [0, 0.1) is 11.3 Å². The molecule has 2 N–H and O–H groups in total. The maximum atomic E-state index is 11.5. The number of aromatic nitrogens is 4. The molecule has 0 unspecified atom stereocenters. The third-order valence-corrected chi connectivity index (χ3v) is 2.18. The van der Waals surface area contributed by atoms with E-state index in [9.17, 15) is 4.79 Å². The van der Waals surface area contributed by atoms with Crippen LogP contribution in [-0.4, -0.2) is 32.8 Å². The van der Waals surface area contributed by atoms with Gasteiger partial charge >= 0.3 is 5.97 Å². The van der Waals surface area contributed by atoms with E-state index in [1.54, 1.807) is 6.07 Å². The first kappa shape index (κ1) is 11.5. The number of ether oxygens (including phenoxy) is 1. The fourth-order valence-electron chi connectivity index (χ4n) is 1.35. The van der Waals surface area contributed by atoms with Gasteiger partial charge in [-0.15, -0.1) is 5.10 Å². The van der Waals surface area contributed by atoms with Gasteiger partial charge in [-0.1, -0.05) is 0 Å². The number of nitrogens with zero attached hydrogens (tertiary/aromatic N) is 5. The quantitative estimate of drug-likeness (QED) is 0.732. The zero-order valence-corrected chi connectivity index (χ0v) is 9.36. The predicted molar refractivity (Wildman–Crippen MR) is 59.6 cm³/mol. The number of pyridine rings is 1. The molecular weight excluding hydrogens is 236 g/mol. The Labute approximate surface area is 102 Å². The fraction of sp³-hybridized carbons (Fsp3) is 0.100. The molecule has 2 rings (SSSR count). The molecule has 0 radical (unpaired) electrons. The minimum Gasteiger partial charge on any atom is -0.465 e. The first-order chi connectivity index (χ1) is 8.67.